The number of hydrogen-bond donors (Lipinski definition) is 1. The first-order valence-corrected chi connectivity index (χ1v) is 10.2. The van der Waals surface area contributed by atoms with Crippen molar-refractivity contribution < 1.29 is 9.90 Å². The predicted molar refractivity (Wildman–Crippen MR) is 107 cm³/mol. The lowest BCUT2D eigenvalue weighted by Gasteiger charge is -2.26. The van der Waals surface area contributed by atoms with Gasteiger partial charge in [-0.15, -0.1) is 0 Å². The van der Waals surface area contributed by atoms with E-state index in [4.69, 9.17) is 11.6 Å². The zero-order valence-electron chi connectivity index (χ0n) is 16.2. The summed E-state index contributed by atoms with van der Waals surface area (Å²) in [6.45, 7) is 4.10. The number of hydrogen-bond acceptors (Lipinski definition) is 4. The van der Waals surface area contributed by atoms with Crippen LogP contribution in [-0.4, -0.2) is 63.0 Å². The SMILES string of the molecule is C[C@H](CO)N(C)Cc1c(C(=O)N2CCCCCCC2)nc2ccc(Cl)cn12. The average molecular weight is 393 g/mol. The molecule has 0 aromatic carbocycles. The highest BCUT2D eigenvalue weighted by atomic mass is 35.5. The number of halogens is 1. The molecule has 1 N–H and O–H groups in total. The van der Waals surface area contributed by atoms with Gasteiger partial charge >= 0.3 is 0 Å². The number of amides is 1. The number of aliphatic hydroxyl groups is 1. The molecular formula is C20H29ClN4O2. The summed E-state index contributed by atoms with van der Waals surface area (Å²) in [5.74, 6) is -0.00299. The van der Waals surface area contributed by atoms with Crippen molar-refractivity contribution in [3.05, 3.63) is 34.7 Å². The van der Waals surface area contributed by atoms with Crippen molar-refractivity contribution in [2.45, 2.75) is 51.6 Å². The molecule has 1 atom stereocenters. The van der Waals surface area contributed by atoms with Gasteiger partial charge in [-0.1, -0.05) is 30.9 Å². The number of imidazole rings is 1. The van der Waals surface area contributed by atoms with Crippen LogP contribution < -0.4 is 0 Å². The van der Waals surface area contributed by atoms with E-state index in [0.717, 1.165) is 37.3 Å². The molecule has 0 spiro atoms. The topological polar surface area (TPSA) is 61.1 Å². The second-order valence-electron chi connectivity index (χ2n) is 7.49. The fourth-order valence-electron chi connectivity index (χ4n) is 3.52. The number of rotatable bonds is 5. The van der Waals surface area contributed by atoms with Crippen molar-refractivity contribution in [2.75, 3.05) is 26.7 Å². The van der Waals surface area contributed by atoms with Gasteiger partial charge in [0.2, 0.25) is 0 Å². The van der Waals surface area contributed by atoms with Crippen LogP contribution in [0.4, 0.5) is 0 Å². The molecule has 0 radical (unpaired) electrons. The molecule has 1 saturated heterocycles. The third kappa shape index (κ3) is 4.62. The summed E-state index contributed by atoms with van der Waals surface area (Å²) in [5, 5.41) is 10.1. The number of aliphatic hydroxyl groups excluding tert-OH is 1. The maximum atomic E-state index is 13.3. The van der Waals surface area contributed by atoms with Gasteiger partial charge < -0.3 is 14.4 Å². The second kappa shape index (κ2) is 9.04. The maximum Gasteiger partial charge on any atom is 0.274 e. The van der Waals surface area contributed by atoms with Crippen LogP contribution in [0.1, 0.15) is 55.2 Å². The minimum atomic E-state index is -0.0145. The minimum absolute atomic E-state index is 0.00299. The Morgan fingerprint density at radius 1 is 1.26 bits per heavy atom. The van der Waals surface area contributed by atoms with Crippen LogP contribution in [0.3, 0.4) is 0 Å². The highest BCUT2D eigenvalue weighted by Gasteiger charge is 2.25. The standard InChI is InChI=1S/C20H29ClN4O2/c1-15(14-26)23(2)13-17-19(22-18-9-8-16(21)12-25(17)18)20(27)24-10-6-4-3-5-7-11-24/h8-9,12,15,26H,3-7,10-11,13-14H2,1-2H3/t15-/m1/s1. The first kappa shape index (κ1) is 20.1. The molecule has 0 aliphatic carbocycles. The van der Waals surface area contributed by atoms with Crippen molar-refractivity contribution in [1.29, 1.82) is 0 Å². The monoisotopic (exact) mass is 392 g/mol. The van der Waals surface area contributed by atoms with Crippen molar-refractivity contribution in [2.24, 2.45) is 0 Å². The Hall–Kier alpha value is -1.63. The number of carbonyl (C=O) groups excluding carboxylic acids is 1. The molecule has 1 aliphatic heterocycles. The van der Waals surface area contributed by atoms with Gasteiger partial charge in [-0.25, -0.2) is 4.98 Å². The summed E-state index contributed by atoms with van der Waals surface area (Å²) < 4.78 is 1.90. The average Bonchev–Trinajstić information content (AvgIpc) is 2.98. The van der Waals surface area contributed by atoms with Gasteiger partial charge in [-0.3, -0.25) is 9.69 Å². The van der Waals surface area contributed by atoms with Crippen LogP contribution >= 0.6 is 11.6 Å². The van der Waals surface area contributed by atoms with Gasteiger partial charge in [0.05, 0.1) is 17.3 Å². The van der Waals surface area contributed by atoms with E-state index in [0.29, 0.717) is 17.3 Å². The van der Waals surface area contributed by atoms with Gasteiger partial charge in [-0.2, -0.15) is 0 Å². The Bertz CT molecular complexity index is 784. The van der Waals surface area contributed by atoms with Crippen LogP contribution in [0.15, 0.2) is 18.3 Å². The molecule has 6 nitrogen and oxygen atoms in total. The lowest BCUT2D eigenvalue weighted by molar-refractivity contribution is 0.0733. The minimum Gasteiger partial charge on any atom is -0.395 e. The number of likely N-dealkylation sites (N-methyl/N-ethyl adjacent to an activating group) is 1. The molecule has 7 heteroatoms. The first-order chi connectivity index (χ1) is 13.0. The lowest BCUT2D eigenvalue weighted by atomic mass is 10.1. The van der Waals surface area contributed by atoms with Crippen LogP contribution in [0.2, 0.25) is 5.02 Å². The van der Waals surface area contributed by atoms with Crippen LogP contribution in [0.5, 0.6) is 0 Å². The van der Waals surface area contributed by atoms with Crippen molar-refractivity contribution >= 4 is 23.2 Å². The van der Waals surface area contributed by atoms with E-state index in [1.165, 1.54) is 19.3 Å². The van der Waals surface area contributed by atoms with Crippen LogP contribution in [0, 0.1) is 0 Å². The fourth-order valence-corrected chi connectivity index (χ4v) is 3.68. The maximum absolute atomic E-state index is 13.3. The fraction of sp³-hybridized carbons (Fsp3) is 0.600. The second-order valence-corrected chi connectivity index (χ2v) is 7.93. The van der Waals surface area contributed by atoms with Crippen molar-refractivity contribution in [3.63, 3.8) is 0 Å². The van der Waals surface area contributed by atoms with Gasteiger partial charge in [0, 0.05) is 31.9 Å². The van der Waals surface area contributed by atoms with Gasteiger partial charge in [0.15, 0.2) is 5.69 Å². The molecule has 1 amide bonds. The number of likely N-dealkylation sites (tertiary alicyclic amines) is 1. The third-order valence-electron chi connectivity index (χ3n) is 5.44. The largest absolute Gasteiger partial charge is 0.395 e. The molecule has 1 aliphatic rings. The summed E-state index contributed by atoms with van der Waals surface area (Å²) in [5.41, 5.74) is 2.03. The summed E-state index contributed by atoms with van der Waals surface area (Å²) in [4.78, 5) is 21.9. The van der Waals surface area contributed by atoms with Crippen molar-refractivity contribution in [1.82, 2.24) is 19.2 Å². The number of carbonyl (C=O) groups is 1. The Labute approximate surface area is 165 Å². The molecule has 3 rings (SSSR count). The molecule has 1 fully saturated rings. The zero-order valence-corrected chi connectivity index (χ0v) is 17.0. The van der Waals surface area contributed by atoms with E-state index in [1.54, 1.807) is 12.3 Å². The summed E-state index contributed by atoms with van der Waals surface area (Å²) >= 11 is 6.20. The zero-order chi connectivity index (χ0) is 19.4. The van der Waals surface area contributed by atoms with E-state index >= 15 is 0 Å². The Balaban J connectivity index is 1.97. The van der Waals surface area contributed by atoms with E-state index in [-0.39, 0.29) is 18.6 Å². The Kier molecular flexibility index (Phi) is 6.73. The molecule has 0 saturated carbocycles. The van der Waals surface area contributed by atoms with Crippen molar-refractivity contribution in [3.8, 4) is 0 Å². The lowest BCUT2D eigenvalue weighted by Crippen LogP contribution is -2.36. The molecule has 148 valence electrons. The molecule has 0 bridgehead atoms. The third-order valence-corrected chi connectivity index (χ3v) is 5.67. The van der Waals surface area contributed by atoms with E-state index in [2.05, 4.69) is 4.98 Å². The van der Waals surface area contributed by atoms with Crippen LogP contribution in [0.25, 0.3) is 5.65 Å². The quantitative estimate of drug-likeness (QED) is 0.848. The number of nitrogens with zero attached hydrogens (tertiary/aromatic N) is 4. The molecule has 3 heterocycles. The first-order valence-electron chi connectivity index (χ1n) is 9.78. The normalized spacial score (nSPS) is 17.1. The Morgan fingerprint density at radius 2 is 1.93 bits per heavy atom. The summed E-state index contributed by atoms with van der Waals surface area (Å²) in [6, 6.07) is 3.61. The van der Waals surface area contributed by atoms with Crippen LogP contribution in [-0.2, 0) is 6.54 Å². The molecular weight excluding hydrogens is 364 g/mol. The molecule has 2 aromatic rings. The van der Waals surface area contributed by atoms with E-state index < -0.39 is 0 Å². The molecule has 27 heavy (non-hydrogen) atoms. The number of aromatic nitrogens is 2. The highest BCUT2D eigenvalue weighted by Crippen LogP contribution is 2.21. The molecule has 2 aromatic heterocycles. The predicted octanol–water partition coefficient (Wildman–Crippen LogP) is 3.21. The van der Waals surface area contributed by atoms with E-state index in [1.807, 2.05) is 34.2 Å². The van der Waals surface area contributed by atoms with Gasteiger partial charge in [0.25, 0.3) is 5.91 Å². The van der Waals surface area contributed by atoms with Gasteiger partial charge in [0.1, 0.15) is 5.65 Å². The van der Waals surface area contributed by atoms with E-state index in [9.17, 15) is 9.90 Å². The molecule has 0 unspecified atom stereocenters. The highest BCUT2D eigenvalue weighted by molar-refractivity contribution is 6.30. The summed E-state index contributed by atoms with van der Waals surface area (Å²) in [6.07, 6.45) is 7.50. The number of pyridine rings is 1. The summed E-state index contributed by atoms with van der Waals surface area (Å²) in [7, 11) is 1.94. The smallest absolute Gasteiger partial charge is 0.274 e. The number of fused-ring (bicyclic) bond motifs is 1. The Morgan fingerprint density at radius 3 is 2.59 bits per heavy atom. The van der Waals surface area contributed by atoms with Gasteiger partial charge in [-0.05, 0) is 38.9 Å².